The van der Waals surface area contributed by atoms with Gasteiger partial charge in [0.1, 0.15) is 5.82 Å². The summed E-state index contributed by atoms with van der Waals surface area (Å²) in [5, 5.41) is 9.94. The number of hydrogen-bond acceptors (Lipinski definition) is 4. The maximum Gasteiger partial charge on any atom is 0.336 e. The SMILES string of the molecule is O=C(O)c1cc(-c2ccc(F)cc2)nc2ccc(S(=O)(=O)N3CCCCC3)cc12. The van der Waals surface area contributed by atoms with Crippen LogP contribution in [0.2, 0.25) is 0 Å². The van der Waals surface area contributed by atoms with E-state index in [9.17, 15) is 22.7 Å². The Kier molecular flexibility index (Phi) is 5.06. The number of aromatic nitrogens is 1. The summed E-state index contributed by atoms with van der Waals surface area (Å²) in [4.78, 5) is 16.4. The minimum absolute atomic E-state index is 0.0509. The van der Waals surface area contributed by atoms with Gasteiger partial charge in [-0.1, -0.05) is 6.42 Å². The number of fused-ring (bicyclic) bond motifs is 1. The minimum atomic E-state index is -3.69. The highest BCUT2D eigenvalue weighted by Crippen LogP contribution is 2.29. The first-order chi connectivity index (χ1) is 13.9. The zero-order valence-electron chi connectivity index (χ0n) is 15.5. The van der Waals surface area contributed by atoms with Crippen molar-refractivity contribution in [2.45, 2.75) is 24.2 Å². The Morgan fingerprint density at radius 2 is 1.69 bits per heavy atom. The molecule has 0 saturated carbocycles. The molecule has 0 atom stereocenters. The number of nitrogens with zero attached hydrogens (tertiary/aromatic N) is 2. The van der Waals surface area contributed by atoms with E-state index in [1.807, 2.05) is 0 Å². The molecule has 6 nitrogen and oxygen atoms in total. The summed E-state index contributed by atoms with van der Waals surface area (Å²) < 4.78 is 40.5. The first kappa shape index (κ1) is 19.5. The molecule has 2 aromatic carbocycles. The Labute approximate surface area is 167 Å². The van der Waals surface area contributed by atoms with Crippen molar-refractivity contribution >= 4 is 26.9 Å². The van der Waals surface area contributed by atoms with E-state index in [-0.39, 0.29) is 15.8 Å². The third kappa shape index (κ3) is 3.73. The molecule has 2 heterocycles. The highest BCUT2D eigenvalue weighted by molar-refractivity contribution is 7.89. The molecule has 150 valence electrons. The van der Waals surface area contributed by atoms with Gasteiger partial charge in [-0.25, -0.2) is 22.6 Å². The molecule has 1 fully saturated rings. The van der Waals surface area contributed by atoms with E-state index in [1.54, 1.807) is 0 Å². The standard InChI is InChI=1S/C21H19FN2O4S/c22-15-6-4-14(5-7-15)20-13-18(21(25)26)17-12-16(8-9-19(17)23-20)29(27,28)24-10-2-1-3-11-24/h4-9,12-13H,1-3,10-11H2,(H,25,26). The fourth-order valence-electron chi connectivity index (χ4n) is 3.57. The molecule has 1 aromatic heterocycles. The number of rotatable bonds is 4. The van der Waals surface area contributed by atoms with Crippen molar-refractivity contribution in [3.05, 3.63) is 59.9 Å². The molecule has 0 aliphatic carbocycles. The third-order valence-corrected chi connectivity index (χ3v) is 7.00. The number of piperidine rings is 1. The summed E-state index contributed by atoms with van der Waals surface area (Å²) in [7, 11) is -3.69. The fourth-order valence-corrected chi connectivity index (χ4v) is 5.11. The van der Waals surface area contributed by atoms with Crippen LogP contribution in [0.15, 0.2) is 53.4 Å². The summed E-state index contributed by atoms with van der Waals surface area (Å²) in [6, 6.07) is 11.3. The second-order valence-corrected chi connectivity index (χ2v) is 8.95. The van der Waals surface area contributed by atoms with E-state index in [1.165, 1.54) is 52.8 Å². The molecule has 1 aliphatic heterocycles. The van der Waals surface area contributed by atoms with Crippen molar-refractivity contribution in [3.63, 3.8) is 0 Å². The summed E-state index contributed by atoms with van der Waals surface area (Å²) >= 11 is 0. The number of pyridine rings is 1. The van der Waals surface area contributed by atoms with Gasteiger partial charge in [0.05, 0.1) is 21.7 Å². The smallest absolute Gasteiger partial charge is 0.336 e. The Hall–Kier alpha value is -2.84. The van der Waals surface area contributed by atoms with Crippen molar-refractivity contribution in [2.75, 3.05) is 13.1 Å². The average Bonchev–Trinajstić information content (AvgIpc) is 2.73. The molecule has 0 spiro atoms. The molecular weight excluding hydrogens is 395 g/mol. The van der Waals surface area contributed by atoms with Gasteiger partial charge < -0.3 is 5.11 Å². The Balaban J connectivity index is 1.84. The first-order valence-electron chi connectivity index (χ1n) is 9.30. The third-order valence-electron chi connectivity index (χ3n) is 5.10. The van der Waals surface area contributed by atoms with Crippen LogP contribution in [-0.4, -0.2) is 41.9 Å². The second kappa shape index (κ2) is 7.53. The lowest BCUT2D eigenvalue weighted by atomic mass is 10.0. The van der Waals surface area contributed by atoms with E-state index >= 15 is 0 Å². The molecule has 3 aromatic rings. The van der Waals surface area contributed by atoms with Gasteiger partial charge >= 0.3 is 5.97 Å². The topological polar surface area (TPSA) is 87.6 Å². The zero-order valence-corrected chi connectivity index (χ0v) is 16.3. The molecule has 0 bridgehead atoms. The van der Waals surface area contributed by atoms with Crippen LogP contribution in [0.1, 0.15) is 29.6 Å². The van der Waals surface area contributed by atoms with Crippen molar-refractivity contribution in [2.24, 2.45) is 0 Å². The van der Waals surface area contributed by atoms with Gasteiger partial charge in [0.2, 0.25) is 10.0 Å². The Morgan fingerprint density at radius 3 is 2.34 bits per heavy atom. The van der Waals surface area contributed by atoms with E-state index in [2.05, 4.69) is 4.98 Å². The predicted octanol–water partition coefficient (Wildman–Crippen LogP) is 3.91. The molecule has 1 aliphatic rings. The molecule has 0 unspecified atom stereocenters. The molecule has 1 N–H and O–H groups in total. The van der Waals surface area contributed by atoms with Crippen LogP contribution in [-0.2, 0) is 10.0 Å². The highest BCUT2D eigenvalue weighted by Gasteiger charge is 2.27. The maximum atomic E-state index is 13.2. The van der Waals surface area contributed by atoms with E-state index in [4.69, 9.17) is 0 Å². The quantitative estimate of drug-likeness (QED) is 0.699. The fraction of sp³-hybridized carbons (Fsp3) is 0.238. The van der Waals surface area contributed by atoms with Crippen molar-refractivity contribution in [1.29, 1.82) is 0 Å². The van der Waals surface area contributed by atoms with Crippen molar-refractivity contribution in [3.8, 4) is 11.3 Å². The number of halogens is 1. The number of carbonyl (C=O) groups is 1. The number of aromatic carboxylic acids is 1. The highest BCUT2D eigenvalue weighted by atomic mass is 32.2. The average molecular weight is 414 g/mol. The van der Waals surface area contributed by atoms with E-state index in [0.29, 0.717) is 29.9 Å². The monoisotopic (exact) mass is 414 g/mol. The van der Waals surface area contributed by atoms with Gasteiger partial charge in [-0.3, -0.25) is 0 Å². The predicted molar refractivity (Wildman–Crippen MR) is 107 cm³/mol. The summed E-state index contributed by atoms with van der Waals surface area (Å²) in [6.45, 7) is 0.932. The maximum absolute atomic E-state index is 13.2. The van der Waals surface area contributed by atoms with Crippen LogP contribution in [0.5, 0.6) is 0 Å². The van der Waals surface area contributed by atoms with Crippen LogP contribution < -0.4 is 0 Å². The number of sulfonamides is 1. The lowest BCUT2D eigenvalue weighted by Gasteiger charge is -2.26. The van der Waals surface area contributed by atoms with Gasteiger partial charge in [-0.2, -0.15) is 4.31 Å². The molecule has 1 saturated heterocycles. The number of benzene rings is 2. The zero-order chi connectivity index (χ0) is 20.6. The van der Waals surface area contributed by atoms with Crippen LogP contribution in [0.3, 0.4) is 0 Å². The number of carboxylic acids is 1. The molecule has 4 rings (SSSR count). The summed E-state index contributed by atoms with van der Waals surface area (Å²) in [5.41, 5.74) is 1.26. The van der Waals surface area contributed by atoms with Gasteiger partial charge in [-0.05, 0) is 61.4 Å². The van der Waals surface area contributed by atoms with E-state index in [0.717, 1.165) is 19.3 Å². The minimum Gasteiger partial charge on any atom is -0.478 e. The Morgan fingerprint density at radius 1 is 1.00 bits per heavy atom. The van der Waals surface area contributed by atoms with Crippen molar-refractivity contribution in [1.82, 2.24) is 9.29 Å². The molecule has 0 amide bonds. The summed E-state index contributed by atoms with van der Waals surface area (Å²) in [5.74, 6) is -1.59. The normalized spacial score (nSPS) is 15.5. The van der Waals surface area contributed by atoms with Crippen LogP contribution in [0.25, 0.3) is 22.2 Å². The second-order valence-electron chi connectivity index (χ2n) is 7.01. The van der Waals surface area contributed by atoms with Crippen LogP contribution in [0.4, 0.5) is 4.39 Å². The summed E-state index contributed by atoms with van der Waals surface area (Å²) in [6.07, 6.45) is 2.63. The molecule has 8 heteroatoms. The van der Waals surface area contributed by atoms with Gasteiger partial charge in [0, 0.05) is 24.0 Å². The van der Waals surface area contributed by atoms with E-state index < -0.39 is 21.8 Å². The Bertz CT molecular complexity index is 1190. The van der Waals surface area contributed by atoms with Gasteiger partial charge in [-0.15, -0.1) is 0 Å². The van der Waals surface area contributed by atoms with Gasteiger partial charge in [0.25, 0.3) is 0 Å². The van der Waals surface area contributed by atoms with Crippen LogP contribution >= 0.6 is 0 Å². The molecular formula is C21H19FN2O4S. The number of carboxylic acid groups (broad SMARTS) is 1. The molecule has 0 radical (unpaired) electrons. The largest absolute Gasteiger partial charge is 0.478 e. The van der Waals surface area contributed by atoms with Gasteiger partial charge in [0.15, 0.2) is 0 Å². The molecule has 29 heavy (non-hydrogen) atoms. The number of hydrogen-bond donors (Lipinski definition) is 1. The van der Waals surface area contributed by atoms with Crippen LogP contribution in [0, 0.1) is 5.82 Å². The lowest BCUT2D eigenvalue weighted by Crippen LogP contribution is -2.35. The first-order valence-corrected chi connectivity index (χ1v) is 10.7. The lowest BCUT2D eigenvalue weighted by molar-refractivity contribution is 0.0699. The van der Waals surface area contributed by atoms with Crippen molar-refractivity contribution < 1.29 is 22.7 Å².